The fraction of sp³-hybridized carbons (Fsp3) is 0.455. The lowest BCUT2D eigenvalue weighted by Crippen LogP contribution is -2.05. The monoisotopic (exact) mass is 218 g/mol. The van der Waals surface area contributed by atoms with Gasteiger partial charge in [-0.3, -0.25) is 0 Å². The molecule has 1 rings (SSSR count). The van der Waals surface area contributed by atoms with E-state index in [1.165, 1.54) is 6.07 Å². The third-order valence-electron chi connectivity index (χ3n) is 2.13. The summed E-state index contributed by atoms with van der Waals surface area (Å²) < 4.78 is 36.9. The number of hydrogen-bond donors (Lipinski definition) is 1. The van der Waals surface area contributed by atoms with Crippen LogP contribution in [0.2, 0.25) is 0 Å². The second-order valence-corrected chi connectivity index (χ2v) is 3.38. The molecule has 0 saturated heterocycles. The molecule has 1 N–H and O–H groups in total. The molecule has 0 aliphatic carbocycles. The van der Waals surface area contributed by atoms with Crippen molar-refractivity contribution in [1.29, 1.82) is 0 Å². The molecule has 4 heteroatoms. The Hall–Kier alpha value is -1.03. The van der Waals surface area contributed by atoms with Crippen LogP contribution < -0.4 is 0 Å². The molecule has 1 nitrogen and oxygen atoms in total. The smallest absolute Gasteiger partial charge is 0.396 e. The largest absolute Gasteiger partial charge is 0.416 e. The molecule has 0 amide bonds. The summed E-state index contributed by atoms with van der Waals surface area (Å²) in [6.45, 7) is 0.0823. The number of alkyl halides is 3. The van der Waals surface area contributed by atoms with Crippen LogP contribution in [0, 0.1) is 0 Å². The van der Waals surface area contributed by atoms with Gasteiger partial charge in [-0.05, 0) is 30.9 Å². The molecular formula is C11H13F3O. The number of halogens is 3. The van der Waals surface area contributed by atoms with Crippen LogP contribution in [0.15, 0.2) is 24.3 Å². The molecule has 84 valence electrons. The van der Waals surface area contributed by atoms with Gasteiger partial charge in [-0.1, -0.05) is 18.2 Å². The number of aliphatic hydroxyl groups excluding tert-OH is 1. The second kappa shape index (κ2) is 5.16. The van der Waals surface area contributed by atoms with E-state index < -0.39 is 11.7 Å². The van der Waals surface area contributed by atoms with Crippen molar-refractivity contribution in [2.75, 3.05) is 6.61 Å². The highest BCUT2D eigenvalue weighted by Gasteiger charge is 2.30. The molecule has 0 aromatic heterocycles. The first-order valence-electron chi connectivity index (χ1n) is 4.81. The molecule has 1 aromatic rings. The van der Waals surface area contributed by atoms with Gasteiger partial charge >= 0.3 is 6.18 Å². The minimum Gasteiger partial charge on any atom is -0.396 e. The average Bonchev–Trinajstić information content (AvgIpc) is 2.17. The molecule has 0 fully saturated rings. The first-order chi connectivity index (χ1) is 7.04. The second-order valence-electron chi connectivity index (χ2n) is 3.38. The van der Waals surface area contributed by atoms with Crippen LogP contribution in [-0.4, -0.2) is 11.7 Å². The number of aryl methyl sites for hydroxylation is 1. The van der Waals surface area contributed by atoms with Gasteiger partial charge in [0.2, 0.25) is 0 Å². The van der Waals surface area contributed by atoms with Gasteiger partial charge in [0.25, 0.3) is 0 Å². The Kier molecular flexibility index (Phi) is 4.15. The van der Waals surface area contributed by atoms with E-state index in [0.717, 1.165) is 12.1 Å². The van der Waals surface area contributed by atoms with Crippen molar-refractivity contribution >= 4 is 0 Å². The third-order valence-corrected chi connectivity index (χ3v) is 2.13. The maximum atomic E-state index is 12.3. The Bertz CT molecular complexity index is 307. The lowest BCUT2D eigenvalue weighted by Gasteiger charge is -2.08. The molecule has 0 aliphatic heterocycles. The van der Waals surface area contributed by atoms with Gasteiger partial charge < -0.3 is 5.11 Å². The Morgan fingerprint density at radius 2 is 1.87 bits per heavy atom. The standard InChI is InChI=1S/C11H13F3O/c12-11(13,14)10-6-3-5-9(8-10)4-1-2-7-15/h3,5-6,8,15H,1-2,4,7H2. The number of aliphatic hydroxyl groups is 1. The summed E-state index contributed by atoms with van der Waals surface area (Å²) in [6, 6.07) is 5.32. The van der Waals surface area contributed by atoms with Crippen molar-refractivity contribution in [1.82, 2.24) is 0 Å². The summed E-state index contributed by atoms with van der Waals surface area (Å²) in [5.41, 5.74) is 0.0577. The van der Waals surface area contributed by atoms with E-state index in [2.05, 4.69) is 0 Å². The Morgan fingerprint density at radius 1 is 1.13 bits per heavy atom. The van der Waals surface area contributed by atoms with Gasteiger partial charge in [-0.2, -0.15) is 13.2 Å². The fourth-order valence-corrected chi connectivity index (χ4v) is 1.34. The first-order valence-corrected chi connectivity index (χ1v) is 4.81. The summed E-state index contributed by atoms with van der Waals surface area (Å²) in [7, 11) is 0. The topological polar surface area (TPSA) is 20.2 Å². The normalized spacial score (nSPS) is 11.7. The van der Waals surface area contributed by atoms with Crippen LogP contribution in [0.1, 0.15) is 24.0 Å². The summed E-state index contributed by atoms with van der Waals surface area (Å²) in [4.78, 5) is 0. The SMILES string of the molecule is OCCCCc1cccc(C(F)(F)F)c1. The minimum absolute atomic E-state index is 0.0823. The van der Waals surface area contributed by atoms with Gasteiger partial charge in [-0.25, -0.2) is 0 Å². The van der Waals surface area contributed by atoms with E-state index >= 15 is 0 Å². The zero-order valence-corrected chi connectivity index (χ0v) is 8.22. The number of rotatable bonds is 4. The molecule has 0 saturated carbocycles. The fourth-order valence-electron chi connectivity index (χ4n) is 1.34. The highest BCUT2D eigenvalue weighted by molar-refractivity contribution is 5.25. The molecule has 0 heterocycles. The lowest BCUT2D eigenvalue weighted by molar-refractivity contribution is -0.137. The maximum absolute atomic E-state index is 12.3. The first kappa shape index (κ1) is 12.0. The van der Waals surface area contributed by atoms with Crippen molar-refractivity contribution < 1.29 is 18.3 Å². The number of benzene rings is 1. The highest BCUT2D eigenvalue weighted by Crippen LogP contribution is 2.29. The van der Waals surface area contributed by atoms with Crippen molar-refractivity contribution in [2.24, 2.45) is 0 Å². The van der Waals surface area contributed by atoms with Crippen LogP contribution in [0.25, 0.3) is 0 Å². The number of unbranched alkanes of at least 4 members (excludes halogenated alkanes) is 1. The molecule has 0 unspecified atom stereocenters. The van der Waals surface area contributed by atoms with Gasteiger partial charge in [-0.15, -0.1) is 0 Å². The maximum Gasteiger partial charge on any atom is 0.416 e. The number of hydrogen-bond acceptors (Lipinski definition) is 1. The van der Waals surface area contributed by atoms with Crippen LogP contribution in [0.4, 0.5) is 13.2 Å². The van der Waals surface area contributed by atoms with E-state index in [-0.39, 0.29) is 6.61 Å². The highest BCUT2D eigenvalue weighted by atomic mass is 19.4. The van der Waals surface area contributed by atoms with Crippen molar-refractivity contribution in [3.63, 3.8) is 0 Å². The summed E-state index contributed by atoms with van der Waals surface area (Å²) in [5.74, 6) is 0. The molecule has 15 heavy (non-hydrogen) atoms. The van der Waals surface area contributed by atoms with Crippen LogP contribution in [0.3, 0.4) is 0 Å². The van der Waals surface area contributed by atoms with Crippen LogP contribution >= 0.6 is 0 Å². The van der Waals surface area contributed by atoms with Gasteiger partial charge in [0.15, 0.2) is 0 Å². The molecular weight excluding hydrogens is 205 g/mol. The molecule has 0 aliphatic rings. The lowest BCUT2D eigenvalue weighted by atomic mass is 10.1. The molecule has 0 atom stereocenters. The zero-order chi connectivity index (χ0) is 11.3. The third kappa shape index (κ3) is 3.91. The van der Waals surface area contributed by atoms with Crippen molar-refractivity contribution in [3.8, 4) is 0 Å². The quantitative estimate of drug-likeness (QED) is 0.770. The predicted molar refractivity (Wildman–Crippen MR) is 51.5 cm³/mol. The van der Waals surface area contributed by atoms with E-state index in [1.54, 1.807) is 6.07 Å². The van der Waals surface area contributed by atoms with Gasteiger partial charge in [0.05, 0.1) is 5.56 Å². The van der Waals surface area contributed by atoms with E-state index in [9.17, 15) is 13.2 Å². The van der Waals surface area contributed by atoms with Gasteiger partial charge in [0, 0.05) is 6.61 Å². The van der Waals surface area contributed by atoms with E-state index in [4.69, 9.17) is 5.11 Å². The van der Waals surface area contributed by atoms with E-state index in [0.29, 0.717) is 24.8 Å². The van der Waals surface area contributed by atoms with E-state index in [1.807, 2.05) is 0 Å². The van der Waals surface area contributed by atoms with Crippen molar-refractivity contribution in [2.45, 2.75) is 25.4 Å². The minimum atomic E-state index is -4.27. The van der Waals surface area contributed by atoms with Crippen molar-refractivity contribution in [3.05, 3.63) is 35.4 Å². The van der Waals surface area contributed by atoms with Crippen LogP contribution in [0.5, 0.6) is 0 Å². The zero-order valence-electron chi connectivity index (χ0n) is 8.22. The van der Waals surface area contributed by atoms with Crippen LogP contribution in [-0.2, 0) is 12.6 Å². The predicted octanol–water partition coefficient (Wildman–Crippen LogP) is 3.02. The Morgan fingerprint density at radius 3 is 2.47 bits per heavy atom. The molecule has 0 bridgehead atoms. The Balaban J connectivity index is 2.66. The summed E-state index contributed by atoms with van der Waals surface area (Å²) in [5, 5.41) is 8.55. The Labute approximate surface area is 86.5 Å². The molecule has 1 aromatic carbocycles. The summed E-state index contributed by atoms with van der Waals surface area (Å²) in [6.07, 6.45) is -2.37. The van der Waals surface area contributed by atoms with Gasteiger partial charge in [0.1, 0.15) is 0 Å². The average molecular weight is 218 g/mol. The molecule has 0 radical (unpaired) electrons. The molecule has 0 spiro atoms. The summed E-state index contributed by atoms with van der Waals surface area (Å²) >= 11 is 0.